The molecule has 2 nitrogen and oxygen atoms in total. The molecular weight excluding hydrogens is 581 g/mol. The second kappa shape index (κ2) is 11.4. The van der Waals surface area contributed by atoms with Crippen LogP contribution >= 0.6 is 0 Å². The van der Waals surface area contributed by atoms with Crippen LogP contribution in [-0.2, 0) is 0 Å². The van der Waals surface area contributed by atoms with E-state index in [1.807, 2.05) is 0 Å². The van der Waals surface area contributed by atoms with E-state index in [1.165, 1.54) is 77.5 Å². The molecular formula is C46H34N2. The monoisotopic (exact) mass is 614 g/mol. The van der Waals surface area contributed by atoms with Crippen LogP contribution in [0.15, 0.2) is 175 Å². The van der Waals surface area contributed by atoms with E-state index in [9.17, 15) is 0 Å². The van der Waals surface area contributed by atoms with Crippen molar-refractivity contribution in [3.8, 4) is 22.3 Å². The van der Waals surface area contributed by atoms with Crippen LogP contribution in [-0.4, -0.2) is 12.3 Å². The lowest BCUT2D eigenvalue weighted by Gasteiger charge is -2.31. The molecule has 2 heteroatoms. The Labute approximate surface area is 281 Å². The first-order chi connectivity index (χ1) is 23.7. The van der Waals surface area contributed by atoms with Crippen molar-refractivity contribution in [2.24, 2.45) is 5.92 Å². The number of benzene rings is 7. The zero-order valence-corrected chi connectivity index (χ0v) is 26.8. The van der Waals surface area contributed by atoms with E-state index in [1.54, 1.807) is 0 Å². The lowest BCUT2D eigenvalue weighted by Crippen LogP contribution is -2.33. The Balaban J connectivity index is 1.21. The minimum absolute atomic E-state index is 0.119. The van der Waals surface area contributed by atoms with Crippen molar-refractivity contribution in [1.82, 2.24) is 0 Å². The molecule has 228 valence electrons. The van der Waals surface area contributed by atoms with Crippen molar-refractivity contribution < 1.29 is 0 Å². The first-order valence-corrected chi connectivity index (χ1v) is 16.7. The van der Waals surface area contributed by atoms with Crippen molar-refractivity contribution >= 4 is 49.8 Å². The lowest BCUT2D eigenvalue weighted by atomic mass is 9.85. The summed E-state index contributed by atoms with van der Waals surface area (Å²) in [4.78, 5) is 2.36. The van der Waals surface area contributed by atoms with E-state index >= 15 is 0 Å². The van der Waals surface area contributed by atoms with Crippen LogP contribution in [0, 0.1) is 11.3 Å². The molecule has 7 aromatic carbocycles. The van der Waals surface area contributed by atoms with Crippen LogP contribution in [0.1, 0.15) is 12.5 Å². The van der Waals surface area contributed by atoms with E-state index in [2.05, 4.69) is 176 Å². The van der Waals surface area contributed by atoms with Crippen molar-refractivity contribution in [3.63, 3.8) is 0 Å². The summed E-state index contributed by atoms with van der Waals surface area (Å²) < 4.78 is 0. The van der Waals surface area contributed by atoms with Crippen molar-refractivity contribution in [3.05, 3.63) is 181 Å². The van der Waals surface area contributed by atoms with E-state index in [4.69, 9.17) is 5.41 Å². The first kappa shape index (κ1) is 28.3. The number of rotatable bonds is 5. The second-order valence-corrected chi connectivity index (χ2v) is 12.9. The Kier molecular flexibility index (Phi) is 6.69. The molecule has 0 radical (unpaired) electrons. The van der Waals surface area contributed by atoms with E-state index in [0.29, 0.717) is 0 Å². The highest BCUT2D eigenvalue weighted by Gasteiger charge is 2.38. The zero-order chi connectivity index (χ0) is 32.2. The standard InChI is InChI=1S/C46H34N2/c1-30-42-28-34(31-12-3-2-4-13-31)24-25-43(42)48(44(30)29-47)37-17-11-16-35(27-37)45-38-18-7-9-20-40(38)46(41-21-10-8-19-39(41)45)36-23-22-32-14-5-6-15-33(32)26-36/h2-29,42-43,47H,1H3. The van der Waals surface area contributed by atoms with Gasteiger partial charge < -0.3 is 10.3 Å². The highest BCUT2D eigenvalue weighted by molar-refractivity contribution is 6.21. The summed E-state index contributed by atoms with van der Waals surface area (Å²) in [5, 5.41) is 16.0. The van der Waals surface area contributed by atoms with Crippen LogP contribution < -0.4 is 4.90 Å². The molecule has 0 fully saturated rings. The molecule has 1 heterocycles. The fourth-order valence-electron chi connectivity index (χ4n) is 8.04. The minimum atomic E-state index is 0.119. The van der Waals surface area contributed by atoms with Crippen molar-refractivity contribution in [1.29, 1.82) is 5.41 Å². The maximum atomic E-state index is 8.49. The van der Waals surface area contributed by atoms with Gasteiger partial charge in [0.2, 0.25) is 0 Å². The number of hydrogen-bond acceptors (Lipinski definition) is 2. The van der Waals surface area contributed by atoms with Gasteiger partial charge in [0.1, 0.15) is 0 Å². The Morgan fingerprint density at radius 1 is 0.562 bits per heavy atom. The summed E-state index contributed by atoms with van der Waals surface area (Å²) in [7, 11) is 0. The smallest absolute Gasteiger partial charge is 0.0627 e. The number of anilines is 1. The Morgan fingerprint density at radius 2 is 1.15 bits per heavy atom. The van der Waals surface area contributed by atoms with Crippen LogP contribution in [0.2, 0.25) is 0 Å². The predicted molar refractivity (Wildman–Crippen MR) is 205 cm³/mol. The zero-order valence-electron chi connectivity index (χ0n) is 26.8. The largest absolute Gasteiger partial charge is 0.332 e. The normalized spacial score (nSPS) is 17.3. The summed E-state index contributed by atoms with van der Waals surface area (Å²) in [6.07, 6.45) is 8.49. The summed E-state index contributed by atoms with van der Waals surface area (Å²) in [5.74, 6) is 0.202. The van der Waals surface area contributed by atoms with Crippen molar-refractivity contribution in [2.45, 2.75) is 13.0 Å². The average Bonchev–Trinajstić information content (AvgIpc) is 3.44. The molecule has 9 rings (SSSR count). The fraction of sp³-hybridized carbons (Fsp3) is 0.0652. The quantitative estimate of drug-likeness (QED) is 0.152. The minimum Gasteiger partial charge on any atom is -0.332 e. The maximum absolute atomic E-state index is 8.49. The summed E-state index contributed by atoms with van der Waals surface area (Å²) in [6.45, 7) is 2.19. The van der Waals surface area contributed by atoms with Crippen LogP contribution in [0.4, 0.5) is 5.69 Å². The van der Waals surface area contributed by atoms with Crippen LogP contribution in [0.5, 0.6) is 0 Å². The SMILES string of the molecule is CC1=C(C=N)N(c2cccc(-c3c4ccccc4c(-c4ccc5ccccc5c4)c4ccccc34)c2)C2C=CC(c3ccccc3)=CC12. The number of fused-ring (bicyclic) bond motifs is 4. The highest BCUT2D eigenvalue weighted by atomic mass is 15.2. The van der Waals surface area contributed by atoms with Crippen molar-refractivity contribution in [2.75, 3.05) is 4.90 Å². The van der Waals surface area contributed by atoms with Gasteiger partial charge >= 0.3 is 0 Å². The predicted octanol–water partition coefficient (Wildman–Crippen LogP) is 11.9. The lowest BCUT2D eigenvalue weighted by molar-refractivity contribution is 0.680. The fourth-order valence-corrected chi connectivity index (χ4v) is 8.04. The molecule has 2 aliphatic rings. The number of allylic oxidation sites excluding steroid dienone is 3. The molecule has 0 amide bonds. The molecule has 2 unspecified atom stereocenters. The molecule has 0 spiro atoms. The van der Waals surface area contributed by atoms with Gasteiger partial charge in [-0.2, -0.15) is 0 Å². The van der Waals surface area contributed by atoms with Gasteiger partial charge in [-0.05, 0) is 96.4 Å². The Bertz CT molecular complexity index is 2440. The van der Waals surface area contributed by atoms with E-state index in [0.717, 1.165) is 11.4 Å². The third kappa shape index (κ3) is 4.45. The molecule has 0 bridgehead atoms. The molecule has 1 aliphatic heterocycles. The third-order valence-electron chi connectivity index (χ3n) is 10.3. The first-order valence-electron chi connectivity index (χ1n) is 16.7. The van der Waals surface area contributed by atoms with Gasteiger partial charge in [0.15, 0.2) is 0 Å². The molecule has 2 atom stereocenters. The Hall–Kier alpha value is -5.99. The average molecular weight is 615 g/mol. The molecule has 0 saturated carbocycles. The van der Waals surface area contributed by atoms with Crippen LogP contribution in [0.25, 0.3) is 60.1 Å². The molecule has 48 heavy (non-hydrogen) atoms. The molecule has 1 aliphatic carbocycles. The van der Waals surface area contributed by atoms with Crippen LogP contribution in [0.3, 0.4) is 0 Å². The highest BCUT2D eigenvalue weighted by Crippen LogP contribution is 2.47. The summed E-state index contributed by atoms with van der Waals surface area (Å²) >= 11 is 0. The van der Waals surface area contributed by atoms with Gasteiger partial charge in [-0.15, -0.1) is 0 Å². The van der Waals surface area contributed by atoms with Gasteiger partial charge in [-0.1, -0.05) is 146 Å². The van der Waals surface area contributed by atoms with E-state index in [-0.39, 0.29) is 12.0 Å². The topological polar surface area (TPSA) is 27.1 Å². The van der Waals surface area contributed by atoms with Gasteiger partial charge in [-0.3, -0.25) is 0 Å². The molecule has 7 aromatic rings. The van der Waals surface area contributed by atoms with Gasteiger partial charge in [0.25, 0.3) is 0 Å². The Morgan fingerprint density at radius 3 is 1.81 bits per heavy atom. The number of nitrogens with zero attached hydrogens (tertiary/aromatic N) is 1. The molecule has 0 aromatic heterocycles. The van der Waals surface area contributed by atoms with E-state index < -0.39 is 0 Å². The number of nitrogens with one attached hydrogen (secondary N) is 1. The molecule has 1 N–H and O–H groups in total. The maximum Gasteiger partial charge on any atom is 0.0627 e. The third-order valence-corrected chi connectivity index (χ3v) is 10.3. The second-order valence-electron chi connectivity index (χ2n) is 12.9. The summed E-state index contributed by atoms with van der Waals surface area (Å²) in [6, 6.07) is 52.8. The van der Waals surface area contributed by atoms with Gasteiger partial charge in [-0.25, -0.2) is 0 Å². The summed E-state index contributed by atoms with van der Waals surface area (Å²) in [5.41, 5.74) is 10.7. The number of hydrogen-bond donors (Lipinski definition) is 1. The van der Waals surface area contributed by atoms with Gasteiger partial charge in [0, 0.05) is 17.8 Å². The van der Waals surface area contributed by atoms with Gasteiger partial charge in [0.05, 0.1) is 11.7 Å². The molecule has 0 saturated heterocycles.